The fourth-order valence-electron chi connectivity index (χ4n) is 3.44. The molecule has 0 bridgehead atoms. The molecule has 1 heterocycles. The van der Waals surface area contributed by atoms with Crippen LogP contribution in [0.3, 0.4) is 0 Å². The highest BCUT2D eigenvalue weighted by atomic mass is 16.1. The lowest BCUT2D eigenvalue weighted by Gasteiger charge is -2.23. The van der Waals surface area contributed by atoms with E-state index in [-0.39, 0.29) is 11.9 Å². The molecule has 4 nitrogen and oxygen atoms in total. The van der Waals surface area contributed by atoms with Crippen molar-refractivity contribution in [1.29, 1.82) is 0 Å². The van der Waals surface area contributed by atoms with E-state index in [9.17, 15) is 4.79 Å². The summed E-state index contributed by atoms with van der Waals surface area (Å²) in [5.74, 6) is 1.12. The van der Waals surface area contributed by atoms with E-state index in [0.717, 1.165) is 35.9 Å². The number of benzene rings is 1. The van der Waals surface area contributed by atoms with Crippen molar-refractivity contribution in [2.75, 3.05) is 0 Å². The van der Waals surface area contributed by atoms with Crippen molar-refractivity contribution in [2.45, 2.75) is 53.0 Å². The third-order valence-corrected chi connectivity index (χ3v) is 5.11. The number of hydrogen-bond donors (Lipinski definition) is 1. The molecular formula is C24H33N3O. The molecule has 0 unspecified atom stereocenters. The van der Waals surface area contributed by atoms with Gasteiger partial charge in [-0.05, 0) is 61.1 Å². The normalized spacial score (nSPS) is 13.8. The van der Waals surface area contributed by atoms with Crippen molar-refractivity contribution in [1.82, 2.24) is 9.88 Å². The van der Waals surface area contributed by atoms with Crippen LogP contribution in [0.15, 0.2) is 54.3 Å². The van der Waals surface area contributed by atoms with E-state index in [1.54, 1.807) is 12.3 Å². The minimum Gasteiger partial charge on any atom is -0.349 e. The highest BCUT2D eigenvalue weighted by Crippen LogP contribution is 2.22. The zero-order valence-electron chi connectivity index (χ0n) is 17.6. The summed E-state index contributed by atoms with van der Waals surface area (Å²) in [6.07, 6.45) is 8.48. The van der Waals surface area contributed by atoms with Crippen LogP contribution in [-0.4, -0.2) is 23.2 Å². The topological polar surface area (TPSA) is 46.4 Å². The molecule has 0 aliphatic carbocycles. The van der Waals surface area contributed by atoms with Crippen molar-refractivity contribution in [2.24, 2.45) is 16.8 Å². The van der Waals surface area contributed by atoms with E-state index in [0.29, 0.717) is 17.4 Å². The molecule has 1 amide bonds. The van der Waals surface area contributed by atoms with Crippen molar-refractivity contribution < 1.29 is 4.79 Å². The third-order valence-electron chi connectivity index (χ3n) is 5.11. The number of rotatable bonds is 10. The lowest BCUT2D eigenvalue weighted by Crippen LogP contribution is -2.37. The maximum atomic E-state index is 12.9. The molecule has 0 aliphatic heterocycles. The van der Waals surface area contributed by atoms with Crippen LogP contribution in [0.25, 0.3) is 16.6 Å². The highest BCUT2D eigenvalue weighted by Gasteiger charge is 2.18. The zero-order valence-corrected chi connectivity index (χ0v) is 17.6. The molecule has 0 fully saturated rings. The molecule has 0 saturated heterocycles. The Morgan fingerprint density at radius 2 is 2.00 bits per heavy atom. The van der Waals surface area contributed by atoms with Gasteiger partial charge in [-0.25, -0.2) is 0 Å². The fraction of sp³-hybridized carbons (Fsp3) is 0.417. The Labute approximate surface area is 169 Å². The van der Waals surface area contributed by atoms with Crippen LogP contribution in [0.1, 0.15) is 57.3 Å². The van der Waals surface area contributed by atoms with Gasteiger partial charge in [0.15, 0.2) is 0 Å². The van der Waals surface area contributed by atoms with Gasteiger partial charge in [0.1, 0.15) is 0 Å². The first-order chi connectivity index (χ1) is 13.3. The van der Waals surface area contributed by atoms with Crippen molar-refractivity contribution in [3.63, 3.8) is 0 Å². The molecule has 1 aromatic heterocycles. The van der Waals surface area contributed by atoms with Gasteiger partial charge in [-0.2, -0.15) is 0 Å². The summed E-state index contributed by atoms with van der Waals surface area (Å²) in [5.41, 5.74) is 2.40. The number of carbonyl (C=O) groups excluding carboxylic acids is 1. The second kappa shape index (κ2) is 10.1. The first kappa shape index (κ1) is 21.7. The lowest BCUT2D eigenvalue weighted by molar-refractivity contribution is 0.0926. The molecule has 0 saturated carbocycles. The van der Waals surface area contributed by atoms with Crippen LogP contribution in [0.4, 0.5) is 0 Å². The molecule has 150 valence electrons. The molecule has 0 spiro atoms. The summed E-state index contributed by atoms with van der Waals surface area (Å²) in [7, 11) is 0. The quantitative estimate of drug-likeness (QED) is 0.405. The Hall–Kier alpha value is -2.62. The highest BCUT2D eigenvalue weighted by molar-refractivity contribution is 5.98. The van der Waals surface area contributed by atoms with Gasteiger partial charge in [0.25, 0.3) is 5.91 Å². The Bertz CT molecular complexity index is 860. The minimum atomic E-state index is -0.0162. The van der Waals surface area contributed by atoms with Gasteiger partial charge < -0.3 is 9.88 Å². The standard InChI is InChI=1S/C24H33N3O/c1-7-18(4)15-22(14-17(2)3)26-24(28)21-9-8-20-11-13-27(23(20)16-21)19(5)10-12-25-6/h8-13,16-18,22H,5-7,14-15H2,1-4H3,(H,26,28)/b12-10-/t18-,22+/m0/s1. The molecular weight excluding hydrogens is 346 g/mol. The number of aromatic nitrogens is 1. The van der Waals surface area contributed by atoms with E-state index in [2.05, 4.69) is 51.3 Å². The molecule has 28 heavy (non-hydrogen) atoms. The summed E-state index contributed by atoms with van der Waals surface area (Å²) in [6.45, 7) is 16.4. The van der Waals surface area contributed by atoms with Crippen LogP contribution in [-0.2, 0) is 0 Å². The summed E-state index contributed by atoms with van der Waals surface area (Å²) in [5, 5.41) is 4.33. The van der Waals surface area contributed by atoms with Crippen LogP contribution >= 0.6 is 0 Å². The maximum Gasteiger partial charge on any atom is 0.251 e. The molecule has 0 radical (unpaired) electrons. The Morgan fingerprint density at radius 1 is 1.25 bits per heavy atom. The van der Waals surface area contributed by atoms with E-state index < -0.39 is 0 Å². The first-order valence-electron chi connectivity index (χ1n) is 10.1. The van der Waals surface area contributed by atoms with Gasteiger partial charge in [-0.3, -0.25) is 9.79 Å². The number of nitrogens with zero attached hydrogens (tertiary/aromatic N) is 2. The molecule has 2 aromatic rings. The van der Waals surface area contributed by atoms with E-state index in [4.69, 9.17) is 0 Å². The maximum absolute atomic E-state index is 12.9. The van der Waals surface area contributed by atoms with Crippen molar-refractivity contribution in [3.8, 4) is 0 Å². The predicted molar refractivity (Wildman–Crippen MR) is 121 cm³/mol. The average Bonchev–Trinajstić information content (AvgIpc) is 3.08. The van der Waals surface area contributed by atoms with Gasteiger partial charge in [0.05, 0.1) is 5.52 Å². The average molecular weight is 380 g/mol. The van der Waals surface area contributed by atoms with Crippen LogP contribution in [0.5, 0.6) is 0 Å². The van der Waals surface area contributed by atoms with Crippen molar-refractivity contribution >= 4 is 29.2 Å². The monoisotopic (exact) mass is 379 g/mol. The van der Waals surface area contributed by atoms with E-state index in [1.165, 1.54) is 0 Å². The lowest BCUT2D eigenvalue weighted by atomic mass is 9.93. The zero-order chi connectivity index (χ0) is 20.7. The molecule has 1 aromatic carbocycles. The molecule has 1 N–H and O–H groups in total. The van der Waals surface area contributed by atoms with Crippen LogP contribution in [0, 0.1) is 11.8 Å². The molecule has 2 atom stereocenters. The summed E-state index contributed by atoms with van der Waals surface area (Å²) < 4.78 is 1.96. The Balaban J connectivity index is 2.25. The molecule has 2 rings (SSSR count). The number of fused-ring (bicyclic) bond motifs is 1. The number of nitrogens with one attached hydrogen (secondary N) is 1. The summed E-state index contributed by atoms with van der Waals surface area (Å²) in [4.78, 5) is 16.7. The molecule has 4 heteroatoms. The number of hydrogen-bond acceptors (Lipinski definition) is 2. The summed E-state index contributed by atoms with van der Waals surface area (Å²) >= 11 is 0. The second-order valence-electron chi connectivity index (χ2n) is 8.00. The van der Waals surface area contributed by atoms with Crippen molar-refractivity contribution in [3.05, 3.63) is 54.9 Å². The fourth-order valence-corrected chi connectivity index (χ4v) is 3.44. The second-order valence-corrected chi connectivity index (χ2v) is 8.00. The number of aliphatic imine (C=N–C) groups is 1. The van der Waals surface area contributed by atoms with Gasteiger partial charge in [0, 0.05) is 29.7 Å². The van der Waals surface area contributed by atoms with Crippen LogP contribution in [0.2, 0.25) is 0 Å². The summed E-state index contributed by atoms with van der Waals surface area (Å²) in [6, 6.07) is 8.02. The van der Waals surface area contributed by atoms with E-state index in [1.807, 2.05) is 35.0 Å². The Kier molecular flexibility index (Phi) is 7.80. The Morgan fingerprint density at radius 3 is 2.64 bits per heavy atom. The first-order valence-corrected chi connectivity index (χ1v) is 10.1. The van der Waals surface area contributed by atoms with Gasteiger partial charge in [-0.1, -0.05) is 46.8 Å². The number of carbonyl (C=O) groups is 1. The minimum absolute atomic E-state index is 0.0162. The number of allylic oxidation sites excluding steroid dienone is 2. The van der Waals surface area contributed by atoms with Crippen LogP contribution < -0.4 is 5.32 Å². The largest absolute Gasteiger partial charge is 0.349 e. The van der Waals surface area contributed by atoms with Gasteiger partial charge in [-0.15, -0.1) is 0 Å². The SMILES string of the molecule is C=N/C=C\C(=C)n1ccc2ccc(C(=O)N[C@H](CC(C)C)C[C@@H](C)CC)cc21. The number of amides is 1. The third kappa shape index (κ3) is 5.69. The van der Waals surface area contributed by atoms with Gasteiger partial charge >= 0.3 is 0 Å². The molecule has 0 aliphatic rings. The smallest absolute Gasteiger partial charge is 0.251 e. The predicted octanol–water partition coefficient (Wildman–Crippen LogP) is 5.91. The van der Waals surface area contributed by atoms with Gasteiger partial charge in [0.2, 0.25) is 0 Å². The van der Waals surface area contributed by atoms with E-state index >= 15 is 0 Å².